The second-order valence-electron chi connectivity index (χ2n) is 15.9. The van der Waals surface area contributed by atoms with Crippen molar-refractivity contribution in [2.45, 2.75) is 88.1 Å². The lowest BCUT2D eigenvalue weighted by atomic mass is 9.63. The third-order valence-electron chi connectivity index (χ3n) is 11.8. The van der Waals surface area contributed by atoms with E-state index in [0.29, 0.717) is 6.61 Å². The summed E-state index contributed by atoms with van der Waals surface area (Å²) < 4.78 is 35.2. The zero-order valence-electron chi connectivity index (χ0n) is 31.1. The second-order valence-corrected chi connectivity index (χ2v) is 17.2. The van der Waals surface area contributed by atoms with Gasteiger partial charge < -0.3 is 34.3 Å². The fraction of sp³-hybridized carbons (Fsp3) is 0.525. The Labute approximate surface area is 322 Å². The molecule has 6 aliphatic rings. The molecule has 0 spiro atoms. The van der Waals surface area contributed by atoms with Crippen LogP contribution in [0.3, 0.4) is 0 Å². The molecule has 9 unspecified atom stereocenters. The minimum Gasteiger partial charge on any atom is -0.348 e. The van der Waals surface area contributed by atoms with E-state index in [1.165, 1.54) is 6.21 Å². The van der Waals surface area contributed by atoms with E-state index in [1.807, 2.05) is 88.4 Å². The first-order chi connectivity index (χ1) is 25.6. The van der Waals surface area contributed by atoms with Gasteiger partial charge in [-0.3, -0.25) is 24.3 Å². The molecule has 0 radical (unpaired) electrons. The third-order valence-corrected chi connectivity index (χ3v) is 13.4. The van der Waals surface area contributed by atoms with Crippen molar-refractivity contribution in [3.05, 3.63) is 71.8 Å². The second kappa shape index (κ2) is 13.0. The van der Waals surface area contributed by atoms with Crippen LogP contribution in [-0.2, 0) is 42.8 Å². The highest BCUT2D eigenvalue weighted by Crippen LogP contribution is 2.77. The molecule has 2 N–H and O–H groups in total. The summed E-state index contributed by atoms with van der Waals surface area (Å²) in [5, 5.41) is 3.87. The first kappa shape index (κ1) is 37.3. The Kier molecular flexibility index (Phi) is 8.96. The summed E-state index contributed by atoms with van der Waals surface area (Å²) in [7, 11) is 0. The summed E-state index contributed by atoms with van der Waals surface area (Å²) in [6.07, 6.45) is -1.08. The molecule has 286 valence electrons. The minimum absolute atomic E-state index is 0.153. The number of alkyl halides is 1. The number of likely N-dealkylation sites (tertiary alicyclic amines) is 1. The fourth-order valence-corrected chi connectivity index (χ4v) is 10.8. The number of allylic oxidation sites excluding steroid dienone is 2. The van der Waals surface area contributed by atoms with Gasteiger partial charge in [-0.25, -0.2) is 0 Å². The van der Waals surface area contributed by atoms with E-state index in [0.717, 1.165) is 27.2 Å². The lowest BCUT2D eigenvalue weighted by molar-refractivity contribution is -0.370. The van der Waals surface area contributed by atoms with Gasteiger partial charge in [0.15, 0.2) is 23.6 Å². The highest BCUT2D eigenvalue weighted by molar-refractivity contribution is 9.10. The molecule has 4 saturated heterocycles. The zero-order chi connectivity index (χ0) is 38.4. The number of Topliss-reactive ketones (excluding diaryl/α,β-unsaturated/α-hetero) is 1. The first-order valence-electron chi connectivity index (χ1n) is 18.3. The number of nitrogens with zero attached hydrogens (tertiary/aromatic N) is 3. The van der Waals surface area contributed by atoms with E-state index in [4.69, 9.17) is 34.3 Å². The maximum Gasteiger partial charge on any atom is 0.248 e. The standard InChI is InChI=1S/C40H45BrN4O9/c1-36(2)50-21-25-28(52-36)29-30(54-37(3,4)53-29)33(51-25)49-18-17-43-19-24(44-42)20-45-32(46)31-38(5)26(22-13-9-7-10-14-22)27(23-15-11-8-12-16-23)39(6,34(38)47)40(31,41)35(45)48/h7-16,19,25,28-31,33H,17-18,20-21,42H2,1-6H3. The molecule has 4 aliphatic heterocycles. The van der Waals surface area contributed by atoms with Crippen LogP contribution >= 0.6 is 15.9 Å². The summed E-state index contributed by atoms with van der Waals surface area (Å²) in [5.41, 5.74) is 0.687. The number of aliphatic imine (C=N–C) groups is 1. The van der Waals surface area contributed by atoms with Gasteiger partial charge in [-0.05, 0) is 63.8 Å². The molecule has 54 heavy (non-hydrogen) atoms. The van der Waals surface area contributed by atoms with Gasteiger partial charge in [0.25, 0.3) is 0 Å². The van der Waals surface area contributed by atoms with Crippen molar-refractivity contribution in [3.8, 4) is 0 Å². The van der Waals surface area contributed by atoms with Crippen LogP contribution in [0.5, 0.6) is 0 Å². The number of imide groups is 1. The fourth-order valence-electron chi connectivity index (χ4n) is 9.55. The van der Waals surface area contributed by atoms with Crippen molar-refractivity contribution in [1.82, 2.24) is 4.90 Å². The van der Waals surface area contributed by atoms with Crippen molar-refractivity contribution in [2.24, 2.45) is 32.7 Å². The van der Waals surface area contributed by atoms with E-state index >= 15 is 0 Å². The number of halogens is 1. The third kappa shape index (κ3) is 5.35. The molecule has 0 aromatic heterocycles. The van der Waals surface area contributed by atoms with Crippen LogP contribution in [0.25, 0.3) is 11.1 Å². The van der Waals surface area contributed by atoms with E-state index in [1.54, 1.807) is 13.8 Å². The van der Waals surface area contributed by atoms with Crippen molar-refractivity contribution in [2.75, 3.05) is 26.3 Å². The summed E-state index contributed by atoms with van der Waals surface area (Å²) in [6.45, 7) is 11.4. The van der Waals surface area contributed by atoms with E-state index < -0.39 is 69.1 Å². The number of hydrazone groups is 1. The highest BCUT2D eigenvalue weighted by Gasteiger charge is 2.85. The lowest BCUT2D eigenvalue weighted by Gasteiger charge is -2.48. The summed E-state index contributed by atoms with van der Waals surface area (Å²) in [5.74, 6) is 2.00. The van der Waals surface area contributed by atoms with Gasteiger partial charge in [0.1, 0.15) is 28.7 Å². The Balaban J connectivity index is 0.984. The number of carbonyl (C=O) groups excluding carboxylic acids is 3. The maximum absolute atomic E-state index is 14.7. The quantitative estimate of drug-likeness (QED) is 0.0976. The first-order valence-corrected chi connectivity index (χ1v) is 19.0. The molecule has 2 aromatic rings. The number of hydrogen-bond donors (Lipinski definition) is 1. The summed E-state index contributed by atoms with van der Waals surface area (Å²) in [6, 6.07) is 19.2. The molecular weight excluding hydrogens is 760 g/mol. The van der Waals surface area contributed by atoms with Crippen LogP contribution in [0.2, 0.25) is 0 Å². The molecule has 2 aromatic carbocycles. The Hall–Kier alpha value is -3.63. The van der Waals surface area contributed by atoms with Gasteiger partial charge in [0.2, 0.25) is 11.8 Å². The van der Waals surface area contributed by atoms with Gasteiger partial charge in [0, 0.05) is 6.21 Å². The van der Waals surface area contributed by atoms with Crippen LogP contribution in [0.1, 0.15) is 52.7 Å². The van der Waals surface area contributed by atoms with Gasteiger partial charge in [-0.15, -0.1) is 0 Å². The van der Waals surface area contributed by atoms with E-state index in [9.17, 15) is 14.4 Å². The number of amides is 2. The Morgan fingerprint density at radius 2 is 1.50 bits per heavy atom. The van der Waals surface area contributed by atoms with Crippen molar-refractivity contribution in [3.63, 3.8) is 0 Å². The lowest BCUT2D eigenvalue weighted by Crippen LogP contribution is -2.63. The Morgan fingerprint density at radius 1 is 0.889 bits per heavy atom. The molecule has 13 nitrogen and oxygen atoms in total. The maximum atomic E-state index is 14.7. The molecule has 4 heterocycles. The topological polar surface area (TPSA) is 161 Å². The van der Waals surface area contributed by atoms with Gasteiger partial charge >= 0.3 is 0 Å². The van der Waals surface area contributed by atoms with Crippen LogP contribution < -0.4 is 5.84 Å². The molecule has 5 fully saturated rings. The number of ketones is 1. The number of carbonyl (C=O) groups is 3. The van der Waals surface area contributed by atoms with Crippen LogP contribution in [0.15, 0.2) is 70.8 Å². The molecule has 2 bridgehead atoms. The zero-order valence-corrected chi connectivity index (χ0v) is 32.7. The Bertz CT molecular complexity index is 1970. The molecule has 2 amide bonds. The Morgan fingerprint density at radius 3 is 2.15 bits per heavy atom. The molecular formula is C40H45BrN4O9. The monoisotopic (exact) mass is 804 g/mol. The number of fused-ring (bicyclic) bond motifs is 8. The average Bonchev–Trinajstić information content (AvgIpc) is 3.69. The minimum atomic E-state index is -1.53. The van der Waals surface area contributed by atoms with Gasteiger partial charge in [0.05, 0.1) is 48.8 Å². The van der Waals surface area contributed by atoms with Gasteiger partial charge in [-0.1, -0.05) is 76.6 Å². The predicted octanol–water partition coefficient (Wildman–Crippen LogP) is 4.12. The number of rotatable bonds is 9. The highest BCUT2D eigenvalue weighted by atomic mass is 79.9. The van der Waals surface area contributed by atoms with Crippen molar-refractivity contribution < 1.29 is 42.8 Å². The molecule has 14 heteroatoms. The smallest absolute Gasteiger partial charge is 0.248 e. The molecule has 8 rings (SSSR count). The number of nitrogens with two attached hydrogens (primary N) is 1. The summed E-state index contributed by atoms with van der Waals surface area (Å²) in [4.78, 5) is 49.3. The van der Waals surface area contributed by atoms with Crippen LogP contribution in [0, 0.1) is 16.7 Å². The predicted molar refractivity (Wildman–Crippen MR) is 201 cm³/mol. The number of hydrogen-bond acceptors (Lipinski definition) is 12. The number of ether oxygens (including phenoxy) is 6. The summed E-state index contributed by atoms with van der Waals surface area (Å²) >= 11 is 3.79. The van der Waals surface area contributed by atoms with Crippen molar-refractivity contribution >= 4 is 56.6 Å². The number of benzene rings is 2. The SMILES string of the molecule is CC1(C)OCC2OC(OCCN=CC(CN3C(=O)C4C5(C)C(=O)C(C)(C(c6ccccc6)=C5c5ccccc5)C4(Br)C3=O)=NN)C3OC(C)(C)OC3C2O1. The molecule has 9 atom stereocenters. The van der Waals surface area contributed by atoms with Crippen molar-refractivity contribution in [1.29, 1.82) is 0 Å². The largest absolute Gasteiger partial charge is 0.348 e. The van der Waals surface area contributed by atoms with Crippen LogP contribution in [0.4, 0.5) is 0 Å². The van der Waals surface area contributed by atoms with E-state index in [-0.39, 0.29) is 37.3 Å². The van der Waals surface area contributed by atoms with Gasteiger partial charge in [-0.2, -0.15) is 5.10 Å². The molecule has 2 aliphatic carbocycles. The normalized spacial score (nSPS) is 38.0. The van der Waals surface area contributed by atoms with Crippen LogP contribution in [-0.4, -0.2) is 107 Å². The molecule has 1 saturated carbocycles. The average molecular weight is 806 g/mol. The van der Waals surface area contributed by atoms with E-state index in [2.05, 4.69) is 26.0 Å².